The molecule has 1 heterocycles. The first-order chi connectivity index (χ1) is 9.13. The highest BCUT2D eigenvalue weighted by Crippen LogP contribution is 2.30. The Hall–Kier alpha value is -1.26. The lowest BCUT2D eigenvalue weighted by atomic mass is 10.1. The lowest BCUT2D eigenvalue weighted by molar-refractivity contribution is 0.0935. The van der Waals surface area contributed by atoms with Crippen LogP contribution in [0.2, 0.25) is 5.02 Å². The fraction of sp³-hybridized carbons (Fsp3) is 0.500. The van der Waals surface area contributed by atoms with Crippen LogP contribution >= 0.6 is 11.6 Å². The summed E-state index contributed by atoms with van der Waals surface area (Å²) in [5, 5.41) is 13.1. The van der Waals surface area contributed by atoms with Gasteiger partial charge in [-0.1, -0.05) is 11.6 Å². The molecule has 2 N–H and O–H groups in total. The first kappa shape index (κ1) is 12.8. The van der Waals surface area contributed by atoms with Crippen molar-refractivity contribution < 1.29 is 9.90 Å². The molecule has 1 aromatic rings. The molecule has 3 rings (SSSR count). The third-order valence-corrected chi connectivity index (χ3v) is 4.06. The van der Waals surface area contributed by atoms with Crippen molar-refractivity contribution in [3.63, 3.8) is 0 Å². The summed E-state index contributed by atoms with van der Waals surface area (Å²) >= 11 is 5.75. The number of nitrogens with zero attached hydrogens (tertiary/aromatic N) is 1. The molecule has 1 aromatic carbocycles. The fourth-order valence-corrected chi connectivity index (χ4v) is 2.80. The summed E-state index contributed by atoms with van der Waals surface area (Å²) in [6, 6.07) is 5.48. The zero-order valence-corrected chi connectivity index (χ0v) is 11.4. The Balaban J connectivity index is 1.61. The molecule has 0 aromatic heterocycles. The maximum atomic E-state index is 12.1. The molecular formula is C14H17ClN2O2. The van der Waals surface area contributed by atoms with Crippen molar-refractivity contribution >= 4 is 17.5 Å². The highest BCUT2D eigenvalue weighted by atomic mass is 35.5. The largest absolute Gasteiger partial charge is 0.507 e. The predicted molar refractivity (Wildman–Crippen MR) is 73.6 cm³/mol. The standard InChI is InChI=1S/C14H17ClN2O2/c15-9-1-4-12(13(18)7-9)14(19)16-10-5-6-17(8-10)11-2-3-11/h1,4,7,10-11,18H,2-3,5-6,8H2,(H,16,19). The lowest BCUT2D eigenvalue weighted by Gasteiger charge is -2.16. The second-order valence-electron chi connectivity index (χ2n) is 5.35. The first-order valence-corrected chi connectivity index (χ1v) is 7.05. The van der Waals surface area contributed by atoms with E-state index in [0.717, 1.165) is 25.6 Å². The van der Waals surface area contributed by atoms with E-state index in [1.165, 1.54) is 18.9 Å². The second kappa shape index (κ2) is 5.02. The van der Waals surface area contributed by atoms with Gasteiger partial charge in [-0.3, -0.25) is 9.69 Å². The fourth-order valence-electron chi connectivity index (χ4n) is 2.64. The Morgan fingerprint density at radius 3 is 2.84 bits per heavy atom. The molecule has 0 spiro atoms. The second-order valence-corrected chi connectivity index (χ2v) is 5.78. The normalized spacial score (nSPS) is 23.5. The van der Waals surface area contributed by atoms with Crippen LogP contribution in [0.25, 0.3) is 0 Å². The number of hydrogen-bond donors (Lipinski definition) is 2. The Labute approximate surface area is 117 Å². The average molecular weight is 281 g/mol. The molecule has 4 nitrogen and oxygen atoms in total. The molecule has 5 heteroatoms. The number of halogens is 1. The summed E-state index contributed by atoms with van der Waals surface area (Å²) in [5.74, 6) is -0.293. The van der Waals surface area contributed by atoms with Gasteiger partial charge in [-0.05, 0) is 37.5 Å². The van der Waals surface area contributed by atoms with Crippen molar-refractivity contribution in [2.75, 3.05) is 13.1 Å². The van der Waals surface area contributed by atoms with Gasteiger partial charge in [0.1, 0.15) is 5.75 Å². The maximum Gasteiger partial charge on any atom is 0.255 e. The summed E-state index contributed by atoms with van der Waals surface area (Å²) in [7, 11) is 0. The maximum absolute atomic E-state index is 12.1. The number of aromatic hydroxyl groups is 1. The first-order valence-electron chi connectivity index (χ1n) is 6.67. The number of phenolic OH excluding ortho intramolecular Hbond substituents is 1. The number of rotatable bonds is 3. The minimum Gasteiger partial charge on any atom is -0.507 e. The van der Waals surface area contributed by atoms with Gasteiger partial charge in [0.15, 0.2) is 0 Å². The van der Waals surface area contributed by atoms with Crippen molar-refractivity contribution in [1.29, 1.82) is 0 Å². The zero-order chi connectivity index (χ0) is 13.4. The Morgan fingerprint density at radius 2 is 2.16 bits per heavy atom. The predicted octanol–water partition coefficient (Wildman–Crippen LogP) is 2.01. The topological polar surface area (TPSA) is 52.6 Å². The van der Waals surface area contributed by atoms with Crippen molar-refractivity contribution in [2.24, 2.45) is 0 Å². The Kier molecular flexibility index (Phi) is 3.37. The van der Waals surface area contributed by atoms with Crippen LogP contribution in [0.4, 0.5) is 0 Å². The van der Waals surface area contributed by atoms with Crippen LogP contribution in [-0.4, -0.2) is 41.1 Å². The van der Waals surface area contributed by atoms with Crippen LogP contribution in [0.5, 0.6) is 5.75 Å². The van der Waals surface area contributed by atoms with Gasteiger partial charge in [-0.15, -0.1) is 0 Å². The highest BCUT2D eigenvalue weighted by Gasteiger charge is 2.34. The Bertz CT molecular complexity index is 502. The molecule has 0 bridgehead atoms. The molecular weight excluding hydrogens is 264 g/mol. The Morgan fingerprint density at radius 1 is 1.37 bits per heavy atom. The van der Waals surface area contributed by atoms with Gasteiger partial charge >= 0.3 is 0 Å². The van der Waals surface area contributed by atoms with Crippen LogP contribution in [0.1, 0.15) is 29.6 Å². The van der Waals surface area contributed by atoms with Crippen LogP contribution < -0.4 is 5.32 Å². The van der Waals surface area contributed by atoms with E-state index in [-0.39, 0.29) is 23.3 Å². The van der Waals surface area contributed by atoms with Gasteiger partial charge in [0.25, 0.3) is 5.91 Å². The molecule has 0 radical (unpaired) electrons. The van der Waals surface area contributed by atoms with Gasteiger partial charge in [0.2, 0.25) is 0 Å². The number of carbonyl (C=O) groups excluding carboxylic acids is 1. The van der Waals surface area contributed by atoms with Gasteiger partial charge in [-0.2, -0.15) is 0 Å². The molecule has 1 saturated carbocycles. The molecule has 1 unspecified atom stereocenters. The third kappa shape index (κ3) is 2.85. The van der Waals surface area contributed by atoms with Gasteiger partial charge in [-0.25, -0.2) is 0 Å². The van der Waals surface area contributed by atoms with E-state index >= 15 is 0 Å². The molecule has 1 aliphatic carbocycles. The van der Waals surface area contributed by atoms with Crippen molar-refractivity contribution in [3.8, 4) is 5.75 Å². The zero-order valence-electron chi connectivity index (χ0n) is 10.6. The molecule has 102 valence electrons. The number of hydrogen-bond acceptors (Lipinski definition) is 3. The van der Waals surface area contributed by atoms with E-state index in [9.17, 15) is 9.90 Å². The summed E-state index contributed by atoms with van der Waals surface area (Å²) < 4.78 is 0. The number of carbonyl (C=O) groups is 1. The molecule has 1 atom stereocenters. The van der Waals surface area contributed by atoms with Crippen molar-refractivity contribution in [1.82, 2.24) is 10.2 Å². The SMILES string of the molecule is O=C(NC1CCN(C2CC2)C1)c1ccc(Cl)cc1O. The smallest absolute Gasteiger partial charge is 0.255 e. The van der Waals surface area contributed by atoms with Crippen molar-refractivity contribution in [3.05, 3.63) is 28.8 Å². The van der Waals surface area contributed by atoms with Crippen LogP contribution in [0.15, 0.2) is 18.2 Å². The summed E-state index contributed by atoms with van der Waals surface area (Å²) in [6.07, 6.45) is 3.56. The molecule has 2 aliphatic rings. The van der Waals surface area contributed by atoms with E-state index in [1.807, 2.05) is 0 Å². The van der Waals surface area contributed by atoms with E-state index in [0.29, 0.717) is 5.02 Å². The van der Waals surface area contributed by atoms with E-state index < -0.39 is 0 Å². The quantitative estimate of drug-likeness (QED) is 0.891. The van der Waals surface area contributed by atoms with E-state index in [2.05, 4.69) is 10.2 Å². The number of likely N-dealkylation sites (tertiary alicyclic amines) is 1. The average Bonchev–Trinajstić information content (AvgIpc) is 3.10. The number of nitrogens with one attached hydrogen (secondary N) is 1. The van der Waals surface area contributed by atoms with E-state index in [4.69, 9.17) is 11.6 Å². The highest BCUT2D eigenvalue weighted by molar-refractivity contribution is 6.30. The van der Waals surface area contributed by atoms with Crippen LogP contribution in [-0.2, 0) is 0 Å². The molecule has 2 fully saturated rings. The third-order valence-electron chi connectivity index (χ3n) is 3.82. The van der Waals surface area contributed by atoms with Crippen molar-refractivity contribution in [2.45, 2.75) is 31.3 Å². The molecule has 19 heavy (non-hydrogen) atoms. The van der Waals surface area contributed by atoms with Crippen LogP contribution in [0, 0.1) is 0 Å². The molecule has 1 amide bonds. The number of amides is 1. The van der Waals surface area contributed by atoms with Gasteiger partial charge in [0.05, 0.1) is 5.56 Å². The monoisotopic (exact) mass is 280 g/mol. The summed E-state index contributed by atoms with van der Waals surface area (Å²) in [6.45, 7) is 1.98. The molecule has 1 saturated heterocycles. The lowest BCUT2D eigenvalue weighted by Crippen LogP contribution is -2.37. The minimum atomic E-state index is -0.225. The summed E-state index contributed by atoms with van der Waals surface area (Å²) in [5.41, 5.74) is 0.286. The van der Waals surface area contributed by atoms with Crippen LogP contribution in [0.3, 0.4) is 0 Å². The number of benzene rings is 1. The van der Waals surface area contributed by atoms with Gasteiger partial charge < -0.3 is 10.4 Å². The minimum absolute atomic E-state index is 0.0676. The summed E-state index contributed by atoms with van der Waals surface area (Å²) in [4.78, 5) is 14.5. The van der Waals surface area contributed by atoms with Gasteiger partial charge in [0, 0.05) is 30.2 Å². The molecule has 1 aliphatic heterocycles. The van der Waals surface area contributed by atoms with E-state index in [1.54, 1.807) is 12.1 Å². The number of phenols is 1.